The zero-order valence-electron chi connectivity index (χ0n) is 12.0. The summed E-state index contributed by atoms with van der Waals surface area (Å²) in [6.07, 6.45) is 2.54. The van der Waals surface area contributed by atoms with Crippen LogP contribution in [0.15, 0.2) is 0 Å². The number of hydrogen-bond acceptors (Lipinski definition) is 3. The summed E-state index contributed by atoms with van der Waals surface area (Å²) in [5.41, 5.74) is 0. The van der Waals surface area contributed by atoms with Crippen LogP contribution in [-0.4, -0.2) is 60.5 Å². The molecule has 1 atom stereocenters. The molecule has 4 heteroatoms. The Bertz CT molecular complexity index is 283. The van der Waals surface area contributed by atoms with Gasteiger partial charge in [-0.1, -0.05) is 13.8 Å². The van der Waals surface area contributed by atoms with Gasteiger partial charge in [-0.3, -0.25) is 9.69 Å². The van der Waals surface area contributed by atoms with E-state index in [0.717, 1.165) is 32.7 Å². The van der Waals surface area contributed by atoms with E-state index in [2.05, 4.69) is 31.0 Å². The van der Waals surface area contributed by atoms with Crippen molar-refractivity contribution in [1.29, 1.82) is 0 Å². The first-order chi connectivity index (χ1) is 8.59. The van der Waals surface area contributed by atoms with Gasteiger partial charge in [0, 0.05) is 38.8 Å². The second-order valence-corrected chi connectivity index (χ2v) is 6.07. The minimum Gasteiger partial charge on any atom is -0.339 e. The summed E-state index contributed by atoms with van der Waals surface area (Å²) in [7, 11) is 0. The number of hydrogen-bond donors (Lipinski definition) is 1. The maximum atomic E-state index is 12.5. The van der Waals surface area contributed by atoms with E-state index in [1.807, 2.05) is 4.90 Å². The van der Waals surface area contributed by atoms with Gasteiger partial charge in [0.1, 0.15) is 0 Å². The van der Waals surface area contributed by atoms with Crippen molar-refractivity contribution in [2.45, 2.75) is 45.7 Å². The van der Waals surface area contributed by atoms with Crippen molar-refractivity contribution in [3.05, 3.63) is 0 Å². The Kier molecular flexibility index (Phi) is 4.62. The molecular weight excluding hydrogens is 226 g/mol. The molecule has 1 saturated carbocycles. The van der Waals surface area contributed by atoms with Crippen LogP contribution in [0.3, 0.4) is 0 Å². The first kappa shape index (κ1) is 13.8. The number of rotatable bonds is 5. The molecule has 0 bridgehead atoms. The predicted molar refractivity (Wildman–Crippen MR) is 73.5 cm³/mol. The highest BCUT2D eigenvalue weighted by Gasteiger charge is 2.36. The number of nitrogens with one attached hydrogen (secondary N) is 1. The quantitative estimate of drug-likeness (QED) is 0.791. The monoisotopic (exact) mass is 253 g/mol. The zero-order valence-corrected chi connectivity index (χ0v) is 12.0. The second kappa shape index (κ2) is 6.02. The highest BCUT2D eigenvalue weighted by molar-refractivity contribution is 5.81. The van der Waals surface area contributed by atoms with Gasteiger partial charge in [-0.25, -0.2) is 0 Å². The van der Waals surface area contributed by atoms with Crippen molar-refractivity contribution in [3.63, 3.8) is 0 Å². The van der Waals surface area contributed by atoms with Crippen molar-refractivity contribution in [2.24, 2.45) is 5.92 Å². The van der Waals surface area contributed by atoms with E-state index < -0.39 is 0 Å². The van der Waals surface area contributed by atoms with E-state index in [1.165, 1.54) is 12.8 Å². The third kappa shape index (κ3) is 3.45. The first-order valence-corrected chi connectivity index (χ1v) is 7.35. The topological polar surface area (TPSA) is 35.6 Å². The number of carbonyl (C=O) groups is 1. The van der Waals surface area contributed by atoms with Crippen LogP contribution in [-0.2, 0) is 4.79 Å². The molecule has 104 valence electrons. The smallest absolute Gasteiger partial charge is 0.239 e. The van der Waals surface area contributed by atoms with Crippen molar-refractivity contribution < 1.29 is 4.79 Å². The van der Waals surface area contributed by atoms with Gasteiger partial charge in [0.15, 0.2) is 0 Å². The van der Waals surface area contributed by atoms with E-state index in [4.69, 9.17) is 0 Å². The average molecular weight is 253 g/mol. The predicted octanol–water partition coefficient (Wildman–Crippen LogP) is 0.927. The lowest BCUT2D eigenvalue weighted by Crippen LogP contribution is -2.54. The molecule has 0 spiro atoms. The molecule has 0 radical (unpaired) electrons. The van der Waals surface area contributed by atoms with Gasteiger partial charge in [-0.15, -0.1) is 0 Å². The van der Waals surface area contributed by atoms with Crippen LogP contribution in [0.25, 0.3) is 0 Å². The molecule has 0 aromatic heterocycles. The number of amides is 1. The molecule has 0 aromatic carbocycles. The van der Waals surface area contributed by atoms with Gasteiger partial charge in [-0.05, 0) is 25.7 Å². The Labute approximate surface area is 111 Å². The molecular formula is C14H27N3O. The number of piperazine rings is 1. The molecule has 1 aliphatic carbocycles. The van der Waals surface area contributed by atoms with Gasteiger partial charge >= 0.3 is 0 Å². The molecule has 1 heterocycles. The summed E-state index contributed by atoms with van der Waals surface area (Å²) in [5, 5.41) is 3.30. The highest BCUT2D eigenvalue weighted by Crippen LogP contribution is 2.29. The fourth-order valence-electron chi connectivity index (χ4n) is 2.74. The van der Waals surface area contributed by atoms with E-state index in [-0.39, 0.29) is 6.04 Å². The molecule has 0 aromatic rings. The molecule has 1 amide bonds. The largest absolute Gasteiger partial charge is 0.339 e. The van der Waals surface area contributed by atoms with Crippen LogP contribution in [0, 0.1) is 5.92 Å². The summed E-state index contributed by atoms with van der Waals surface area (Å²) in [6, 6.07) is 0.715. The van der Waals surface area contributed by atoms with E-state index in [1.54, 1.807) is 0 Å². The van der Waals surface area contributed by atoms with Crippen molar-refractivity contribution >= 4 is 5.91 Å². The molecule has 2 aliphatic rings. The fourth-order valence-corrected chi connectivity index (χ4v) is 2.74. The zero-order chi connectivity index (χ0) is 13.1. The number of carbonyl (C=O) groups excluding carboxylic acids is 1. The maximum Gasteiger partial charge on any atom is 0.239 e. The molecule has 18 heavy (non-hydrogen) atoms. The van der Waals surface area contributed by atoms with E-state index in [0.29, 0.717) is 17.9 Å². The second-order valence-electron chi connectivity index (χ2n) is 6.07. The van der Waals surface area contributed by atoms with Gasteiger partial charge in [0.05, 0.1) is 6.04 Å². The summed E-state index contributed by atoms with van der Waals surface area (Å²) in [5.74, 6) is 0.952. The van der Waals surface area contributed by atoms with Crippen molar-refractivity contribution in [3.8, 4) is 0 Å². The minimum atomic E-state index is 0.0537. The van der Waals surface area contributed by atoms with Crippen LogP contribution < -0.4 is 5.32 Å². The van der Waals surface area contributed by atoms with Crippen LogP contribution in [0.2, 0.25) is 0 Å². The van der Waals surface area contributed by atoms with Crippen LogP contribution >= 0.6 is 0 Å². The lowest BCUT2D eigenvalue weighted by molar-refractivity contribution is -0.137. The minimum absolute atomic E-state index is 0.0537. The first-order valence-electron chi connectivity index (χ1n) is 7.35. The molecule has 1 aliphatic heterocycles. The third-order valence-corrected chi connectivity index (χ3v) is 3.88. The molecule has 1 saturated heterocycles. The SMILES string of the molecule is CC(C)CN(C1CC1)C(C)C(=O)N1CCNCC1. The Balaban J connectivity index is 1.93. The molecule has 4 nitrogen and oxygen atoms in total. The summed E-state index contributed by atoms with van der Waals surface area (Å²) < 4.78 is 0. The van der Waals surface area contributed by atoms with Gasteiger partial charge in [-0.2, -0.15) is 0 Å². The van der Waals surface area contributed by atoms with Crippen LogP contribution in [0.5, 0.6) is 0 Å². The van der Waals surface area contributed by atoms with Gasteiger partial charge in [0.25, 0.3) is 0 Å². The molecule has 2 fully saturated rings. The maximum absolute atomic E-state index is 12.5. The average Bonchev–Trinajstić information content (AvgIpc) is 3.19. The number of nitrogens with zero attached hydrogens (tertiary/aromatic N) is 2. The van der Waals surface area contributed by atoms with E-state index in [9.17, 15) is 4.79 Å². The van der Waals surface area contributed by atoms with Crippen molar-refractivity contribution in [2.75, 3.05) is 32.7 Å². The highest BCUT2D eigenvalue weighted by atomic mass is 16.2. The third-order valence-electron chi connectivity index (χ3n) is 3.88. The Hall–Kier alpha value is -0.610. The molecule has 2 rings (SSSR count). The summed E-state index contributed by atoms with van der Waals surface area (Å²) in [6.45, 7) is 11.2. The Morgan fingerprint density at radius 1 is 1.28 bits per heavy atom. The van der Waals surface area contributed by atoms with Crippen LogP contribution in [0.4, 0.5) is 0 Å². The Morgan fingerprint density at radius 3 is 2.39 bits per heavy atom. The van der Waals surface area contributed by atoms with Crippen LogP contribution in [0.1, 0.15) is 33.6 Å². The molecule has 1 N–H and O–H groups in total. The Morgan fingerprint density at radius 2 is 1.89 bits per heavy atom. The van der Waals surface area contributed by atoms with Crippen molar-refractivity contribution in [1.82, 2.24) is 15.1 Å². The lowest BCUT2D eigenvalue weighted by Gasteiger charge is -2.35. The lowest BCUT2D eigenvalue weighted by atomic mass is 10.1. The van der Waals surface area contributed by atoms with E-state index >= 15 is 0 Å². The van der Waals surface area contributed by atoms with Gasteiger partial charge in [0.2, 0.25) is 5.91 Å². The fraction of sp³-hybridized carbons (Fsp3) is 0.929. The summed E-state index contributed by atoms with van der Waals surface area (Å²) >= 11 is 0. The normalized spacial score (nSPS) is 22.6. The summed E-state index contributed by atoms with van der Waals surface area (Å²) in [4.78, 5) is 17.0. The standard InChI is InChI=1S/C14H27N3O/c1-11(2)10-17(13-4-5-13)12(3)14(18)16-8-6-15-7-9-16/h11-13,15H,4-10H2,1-3H3. The van der Waals surface area contributed by atoms with Gasteiger partial charge < -0.3 is 10.2 Å². The molecule has 1 unspecified atom stereocenters.